The average Bonchev–Trinajstić information content (AvgIpc) is 2.38. The van der Waals surface area contributed by atoms with Crippen LogP contribution in [-0.4, -0.2) is 27.8 Å². The third-order valence-electron chi connectivity index (χ3n) is 2.85. The first kappa shape index (κ1) is 13.7. The maximum absolute atomic E-state index is 12.4. The molecule has 0 bridgehead atoms. The maximum atomic E-state index is 12.4. The summed E-state index contributed by atoms with van der Waals surface area (Å²) in [5.74, 6) is -0.669. The van der Waals surface area contributed by atoms with E-state index >= 15 is 0 Å². The Kier molecular flexibility index (Phi) is 3.79. The summed E-state index contributed by atoms with van der Waals surface area (Å²) in [5, 5.41) is 28.4. The third kappa shape index (κ3) is 2.83. The third-order valence-corrected chi connectivity index (χ3v) is 2.85. The van der Waals surface area contributed by atoms with Crippen LogP contribution in [0.3, 0.4) is 0 Å². The number of rotatable bonds is 3. The van der Waals surface area contributed by atoms with Gasteiger partial charge in [0.25, 0.3) is 5.91 Å². The van der Waals surface area contributed by atoms with Crippen molar-refractivity contribution >= 4 is 11.6 Å². The molecule has 0 aliphatic rings. The fourth-order valence-electron chi connectivity index (χ4n) is 1.98. The SMILES string of the molecule is CCN(C(=O)c1cc(O)cc(O)c1)c1cccc(O)c1. The molecular weight excluding hydrogens is 258 g/mol. The Bertz CT molecular complexity index is 619. The molecule has 104 valence electrons. The highest BCUT2D eigenvalue weighted by Crippen LogP contribution is 2.25. The average molecular weight is 273 g/mol. The van der Waals surface area contributed by atoms with Crippen LogP contribution in [0, 0.1) is 0 Å². The minimum absolute atomic E-state index is 0.0625. The monoisotopic (exact) mass is 273 g/mol. The van der Waals surface area contributed by atoms with Crippen molar-refractivity contribution in [2.24, 2.45) is 0 Å². The Hall–Kier alpha value is -2.69. The number of phenolic OH excluding ortho intramolecular Hbond substituents is 3. The van der Waals surface area contributed by atoms with Gasteiger partial charge < -0.3 is 20.2 Å². The van der Waals surface area contributed by atoms with Gasteiger partial charge in [-0.05, 0) is 31.2 Å². The molecule has 0 aliphatic carbocycles. The lowest BCUT2D eigenvalue weighted by atomic mass is 10.1. The second-order valence-corrected chi connectivity index (χ2v) is 4.31. The van der Waals surface area contributed by atoms with Crippen LogP contribution in [0.1, 0.15) is 17.3 Å². The van der Waals surface area contributed by atoms with E-state index in [2.05, 4.69) is 0 Å². The Labute approximate surface area is 116 Å². The first-order valence-corrected chi connectivity index (χ1v) is 6.15. The number of carbonyl (C=O) groups is 1. The highest BCUT2D eigenvalue weighted by molar-refractivity contribution is 6.06. The molecule has 20 heavy (non-hydrogen) atoms. The van der Waals surface area contributed by atoms with Gasteiger partial charge in [-0.3, -0.25) is 4.79 Å². The van der Waals surface area contributed by atoms with Gasteiger partial charge in [0.1, 0.15) is 17.2 Å². The van der Waals surface area contributed by atoms with Crippen LogP contribution in [0.4, 0.5) is 5.69 Å². The van der Waals surface area contributed by atoms with E-state index in [9.17, 15) is 20.1 Å². The van der Waals surface area contributed by atoms with Gasteiger partial charge in [0.15, 0.2) is 0 Å². The summed E-state index contributed by atoms with van der Waals surface area (Å²) in [6, 6.07) is 10.1. The lowest BCUT2D eigenvalue weighted by Crippen LogP contribution is -2.30. The van der Waals surface area contributed by atoms with Crippen molar-refractivity contribution in [3.8, 4) is 17.2 Å². The second-order valence-electron chi connectivity index (χ2n) is 4.31. The van der Waals surface area contributed by atoms with Gasteiger partial charge in [-0.2, -0.15) is 0 Å². The van der Waals surface area contributed by atoms with Gasteiger partial charge >= 0.3 is 0 Å². The van der Waals surface area contributed by atoms with Gasteiger partial charge in [-0.15, -0.1) is 0 Å². The fraction of sp³-hybridized carbons (Fsp3) is 0.133. The second kappa shape index (κ2) is 5.52. The number of carbonyl (C=O) groups excluding carboxylic acids is 1. The zero-order valence-electron chi connectivity index (χ0n) is 10.9. The fourth-order valence-corrected chi connectivity index (χ4v) is 1.98. The smallest absolute Gasteiger partial charge is 0.258 e. The molecule has 2 aromatic rings. The van der Waals surface area contributed by atoms with Gasteiger partial charge in [0.2, 0.25) is 0 Å². The molecule has 3 N–H and O–H groups in total. The molecular formula is C15H15NO4. The summed E-state index contributed by atoms with van der Waals surface area (Å²) in [6.07, 6.45) is 0. The summed E-state index contributed by atoms with van der Waals surface area (Å²) in [7, 11) is 0. The topological polar surface area (TPSA) is 81.0 Å². The van der Waals surface area contributed by atoms with Gasteiger partial charge in [-0.25, -0.2) is 0 Å². The van der Waals surface area contributed by atoms with Crippen molar-refractivity contribution < 1.29 is 20.1 Å². The van der Waals surface area contributed by atoms with E-state index in [1.807, 2.05) is 0 Å². The first-order chi connectivity index (χ1) is 9.51. The van der Waals surface area contributed by atoms with Gasteiger partial charge in [-0.1, -0.05) is 6.07 Å². The molecule has 0 aromatic heterocycles. The van der Waals surface area contributed by atoms with Crippen LogP contribution in [0.2, 0.25) is 0 Å². The minimum Gasteiger partial charge on any atom is -0.508 e. The quantitative estimate of drug-likeness (QED) is 0.802. The van der Waals surface area contributed by atoms with Gasteiger partial charge in [0.05, 0.1) is 0 Å². The molecule has 0 saturated heterocycles. The number of anilines is 1. The molecule has 0 fully saturated rings. The van der Waals surface area contributed by atoms with Crippen LogP contribution in [0.25, 0.3) is 0 Å². The van der Waals surface area contributed by atoms with E-state index in [0.717, 1.165) is 6.07 Å². The predicted octanol–water partition coefficient (Wildman–Crippen LogP) is 2.47. The molecule has 0 heterocycles. The zero-order chi connectivity index (χ0) is 14.7. The van der Waals surface area contributed by atoms with E-state index in [-0.39, 0.29) is 28.7 Å². The maximum Gasteiger partial charge on any atom is 0.258 e. The number of amides is 1. The molecule has 2 rings (SSSR count). The zero-order valence-corrected chi connectivity index (χ0v) is 10.9. The predicted molar refractivity (Wildman–Crippen MR) is 75.2 cm³/mol. The highest BCUT2D eigenvalue weighted by Gasteiger charge is 2.17. The number of aromatic hydroxyl groups is 3. The Morgan fingerprint density at radius 3 is 2.20 bits per heavy atom. The summed E-state index contributed by atoms with van der Waals surface area (Å²) in [5.41, 5.74) is 0.716. The van der Waals surface area contributed by atoms with E-state index in [1.54, 1.807) is 19.1 Å². The molecule has 1 amide bonds. The van der Waals surface area contributed by atoms with E-state index in [1.165, 1.54) is 29.2 Å². The molecule has 5 heteroatoms. The van der Waals surface area contributed by atoms with Crippen LogP contribution >= 0.6 is 0 Å². The van der Waals surface area contributed by atoms with Crippen molar-refractivity contribution in [3.05, 3.63) is 48.0 Å². The number of hydrogen-bond acceptors (Lipinski definition) is 4. The molecule has 0 aliphatic heterocycles. The van der Waals surface area contributed by atoms with Crippen molar-refractivity contribution in [1.29, 1.82) is 0 Å². The molecule has 0 unspecified atom stereocenters. The minimum atomic E-state index is -0.371. The Morgan fingerprint density at radius 1 is 1.00 bits per heavy atom. The molecule has 0 atom stereocenters. The molecule has 0 spiro atoms. The number of benzene rings is 2. The van der Waals surface area contributed by atoms with E-state index < -0.39 is 0 Å². The number of phenols is 3. The van der Waals surface area contributed by atoms with Crippen molar-refractivity contribution in [2.75, 3.05) is 11.4 Å². The van der Waals surface area contributed by atoms with E-state index in [0.29, 0.717) is 12.2 Å². The largest absolute Gasteiger partial charge is 0.508 e. The summed E-state index contributed by atoms with van der Waals surface area (Å²) >= 11 is 0. The summed E-state index contributed by atoms with van der Waals surface area (Å²) in [4.78, 5) is 13.9. The molecule has 2 aromatic carbocycles. The van der Waals surface area contributed by atoms with Crippen molar-refractivity contribution in [2.45, 2.75) is 6.92 Å². The van der Waals surface area contributed by atoms with E-state index in [4.69, 9.17) is 0 Å². The number of nitrogens with zero attached hydrogens (tertiary/aromatic N) is 1. The standard InChI is InChI=1S/C15H15NO4/c1-2-16(11-4-3-5-12(17)8-11)15(20)10-6-13(18)9-14(19)7-10/h3-9,17-19H,2H2,1H3. The van der Waals surface area contributed by atoms with Crippen molar-refractivity contribution in [3.63, 3.8) is 0 Å². The number of hydrogen-bond donors (Lipinski definition) is 3. The van der Waals surface area contributed by atoms with Crippen LogP contribution in [-0.2, 0) is 0 Å². The summed E-state index contributed by atoms with van der Waals surface area (Å²) in [6.45, 7) is 2.18. The Morgan fingerprint density at radius 2 is 1.65 bits per heavy atom. The lowest BCUT2D eigenvalue weighted by Gasteiger charge is -2.21. The summed E-state index contributed by atoms with van der Waals surface area (Å²) < 4.78 is 0. The van der Waals surface area contributed by atoms with Crippen molar-refractivity contribution in [1.82, 2.24) is 0 Å². The van der Waals surface area contributed by atoms with Crippen LogP contribution in [0.15, 0.2) is 42.5 Å². The van der Waals surface area contributed by atoms with Gasteiger partial charge in [0, 0.05) is 29.9 Å². The van der Waals surface area contributed by atoms with Crippen LogP contribution in [0.5, 0.6) is 17.2 Å². The lowest BCUT2D eigenvalue weighted by molar-refractivity contribution is 0.0987. The van der Waals surface area contributed by atoms with Crippen LogP contribution < -0.4 is 4.90 Å². The highest BCUT2D eigenvalue weighted by atomic mass is 16.3. The normalized spacial score (nSPS) is 10.2. The molecule has 0 saturated carbocycles. The molecule has 0 radical (unpaired) electrons. The first-order valence-electron chi connectivity index (χ1n) is 6.15. The Balaban J connectivity index is 2.38. The molecule has 5 nitrogen and oxygen atoms in total.